The molecule has 3 rings (SSSR count). The van der Waals surface area contributed by atoms with E-state index in [1.165, 1.54) is 27.3 Å². The van der Waals surface area contributed by atoms with Crippen molar-refractivity contribution in [3.05, 3.63) is 40.6 Å². The quantitative estimate of drug-likeness (QED) is 0.907. The van der Waals surface area contributed by atoms with Gasteiger partial charge in [0.1, 0.15) is 5.82 Å². The molecule has 0 bridgehead atoms. The first-order valence-corrected chi connectivity index (χ1v) is 8.37. The van der Waals surface area contributed by atoms with E-state index in [0.717, 1.165) is 6.42 Å². The smallest absolute Gasteiger partial charge is 0.309 e. The third kappa shape index (κ3) is 3.03. The number of hydrogen-bond donors (Lipinski definition) is 1. The van der Waals surface area contributed by atoms with E-state index >= 15 is 0 Å². The molecule has 122 valence electrons. The second-order valence-electron chi connectivity index (χ2n) is 5.30. The normalized spacial score (nSPS) is 17.9. The summed E-state index contributed by atoms with van der Waals surface area (Å²) in [5.41, 5.74) is 0.0272. The van der Waals surface area contributed by atoms with Gasteiger partial charge < -0.3 is 4.90 Å². The molecular formula is C15H17FN4O2S. The number of anilines is 1. The number of para-hydroxylation sites is 1. The van der Waals surface area contributed by atoms with E-state index in [9.17, 15) is 14.0 Å². The second-order valence-corrected chi connectivity index (χ2v) is 6.47. The number of benzene rings is 1. The van der Waals surface area contributed by atoms with Gasteiger partial charge in [-0.2, -0.15) is 0 Å². The molecular weight excluding hydrogens is 319 g/mol. The number of thioether (sulfide) groups is 1. The van der Waals surface area contributed by atoms with Gasteiger partial charge in [-0.15, -0.1) is 5.10 Å². The zero-order chi connectivity index (χ0) is 16.4. The molecule has 1 saturated heterocycles. The zero-order valence-electron chi connectivity index (χ0n) is 12.7. The van der Waals surface area contributed by atoms with Crippen LogP contribution in [0.2, 0.25) is 0 Å². The molecule has 1 N–H and O–H groups in total. The van der Waals surface area contributed by atoms with E-state index < -0.39 is 5.82 Å². The van der Waals surface area contributed by atoms with Gasteiger partial charge in [0.25, 0.3) is 0 Å². The summed E-state index contributed by atoms with van der Waals surface area (Å²) in [6.07, 6.45) is 1.39. The number of hydrogen-bond acceptors (Lipinski definition) is 4. The maximum Gasteiger partial charge on any atom is 0.343 e. The van der Waals surface area contributed by atoms with Crippen LogP contribution in [0.15, 0.2) is 34.2 Å². The second kappa shape index (κ2) is 6.57. The Kier molecular flexibility index (Phi) is 4.51. The van der Waals surface area contributed by atoms with E-state index in [-0.39, 0.29) is 16.8 Å². The Morgan fingerprint density at radius 2 is 2.17 bits per heavy atom. The van der Waals surface area contributed by atoms with Gasteiger partial charge in [0.15, 0.2) is 5.16 Å². The topological polar surface area (TPSA) is 71.0 Å². The van der Waals surface area contributed by atoms with Gasteiger partial charge in [-0.1, -0.05) is 30.8 Å². The fourth-order valence-corrected chi connectivity index (χ4v) is 3.72. The Bertz CT molecular complexity index is 773. The molecule has 2 aromatic rings. The maximum absolute atomic E-state index is 13.9. The van der Waals surface area contributed by atoms with Gasteiger partial charge in [-0.05, 0) is 25.0 Å². The van der Waals surface area contributed by atoms with Gasteiger partial charge in [0.05, 0.1) is 10.9 Å². The number of halogens is 1. The monoisotopic (exact) mass is 336 g/mol. The fourth-order valence-electron chi connectivity index (χ4n) is 2.61. The van der Waals surface area contributed by atoms with E-state index in [4.69, 9.17) is 0 Å². The summed E-state index contributed by atoms with van der Waals surface area (Å²) < 4.78 is 15.4. The van der Waals surface area contributed by atoms with Crippen molar-refractivity contribution in [1.82, 2.24) is 14.8 Å². The minimum Gasteiger partial charge on any atom is -0.309 e. The van der Waals surface area contributed by atoms with Crippen molar-refractivity contribution in [1.29, 1.82) is 0 Å². The molecule has 1 unspecified atom stereocenters. The SMILES string of the molecule is CCCn1c(SC2CCN(c3ccccc3F)C2=O)n[nH]c1=O. The van der Waals surface area contributed by atoms with Gasteiger partial charge in [0, 0.05) is 13.1 Å². The summed E-state index contributed by atoms with van der Waals surface area (Å²) in [5.74, 6) is -0.562. The molecule has 6 nitrogen and oxygen atoms in total. The number of nitrogens with one attached hydrogen (secondary N) is 1. The van der Waals surface area contributed by atoms with Crippen LogP contribution in [0.1, 0.15) is 19.8 Å². The third-order valence-electron chi connectivity index (χ3n) is 3.72. The summed E-state index contributed by atoms with van der Waals surface area (Å²) in [5, 5.41) is 6.55. The number of nitrogens with zero attached hydrogens (tertiary/aromatic N) is 3. The van der Waals surface area contributed by atoms with Crippen LogP contribution in [0.5, 0.6) is 0 Å². The Morgan fingerprint density at radius 1 is 1.39 bits per heavy atom. The van der Waals surface area contributed by atoms with Crippen LogP contribution in [-0.2, 0) is 11.3 Å². The highest BCUT2D eigenvalue weighted by Crippen LogP contribution is 2.32. The number of carbonyl (C=O) groups is 1. The minimum atomic E-state index is -0.408. The number of rotatable bonds is 5. The highest BCUT2D eigenvalue weighted by molar-refractivity contribution is 8.00. The van der Waals surface area contributed by atoms with Gasteiger partial charge in [0.2, 0.25) is 5.91 Å². The molecule has 0 spiro atoms. The van der Waals surface area contributed by atoms with Gasteiger partial charge in [-0.25, -0.2) is 14.3 Å². The van der Waals surface area contributed by atoms with Crippen molar-refractivity contribution < 1.29 is 9.18 Å². The van der Waals surface area contributed by atoms with Crippen LogP contribution in [0.25, 0.3) is 0 Å². The van der Waals surface area contributed by atoms with E-state index in [0.29, 0.717) is 30.4 Å². The van der Waals surface area contributed by atoms with E-state index in [1.54, 1.807) is 18.2 Å². The van der Waals surface area contributed by atoms with Crippen molar-refractivity contribution in [3.63, 3.8) is 0 Å². The molecule has 1 amide bonds. The van der Waals surface area contributed by atoms with Crippen LogP contribution in [0.3, 0.4) is 0 Å². The number of carbonyl (C=O) groups excluding carboxylic acids is 1. The Hall–Kier alpha value is -2.09. The lowest BCUT2D eigenvalue weighted by Crippen LogP contribution is -2.29. The van der Waals surface area contributed by atoms with Crippen molar-refractivity contribution in [3.8, 4) is 0 Å². The number of aromatic nitrogens is 3. The first kappa shape index (κ1) is 15.8. The first-order chi connectivity index (χ1) is 11.1. The molecule has 23 heavy (non-hydrogen) atoms. The average Bonchev–Trinajstić information content (AvgIpc) is 3.06. The number of H-pyrrole nitrogens is 1. The van der Waals surface area contributed by atoms with Crippen LogP contribution in [-0.4, -0.2) is 32.5 Å². The van der Waals surface area contributed by atoms with Crippen LogP contribution in [0.4, 0.5) is 10.1 Å². The summed E-state index contributed by atoms with van der Waals surface area (Å²) in [4.78, 5) is 25.7. The van der Waals surface area contributed by atoms with Crippen molar-refractivity contribution in [2.45, 2.75) is 36.7 Å². The number of aromatic amines is 1. The Labute approximate surface area is 136 Å². The molecule has 1 aromatic heterocycles. The Morgan fingerprint density at radius 3 is 2.91 bits per heavy atom. The van der Waals surface area contributed by atoms with Crippen LogP contribution in [0, 0.1) is 5.82 Å². The molecule has 1 aliphatic heterocycles. The molecule has 0 saturated carbocycles. The predicted molar refractivity (Wildman–Crippen MR) is 86.2 cm³/mol. The molecule has 1 atom stereocenters. The third-order valence-corrected chi connectivity index (χ3v) is 4.96. The number of amides is 1. The summed E-state index contributed by atoms with van der Waals surface area (Å²) in [7, 11) is 0. The maximum atomic E-state index is 13.9. The fraction of sp³-hybridized carbons (Fsp3) is 0.400. The predicted octanol–water partition coefficient (Wildman–Crippen LogP) is 2.02. The summed E-state index contributed by atoms with van der Waals surface area (Å²) >= 11 is 1.26. The molecule has 1 aromatic carbocycles. The average molecular weight is 336 g/mol. The highest BCUT2D eigenvalue weighted by Gasteiger charge is 2.35. The van der Waals surface area contributed by atoms with E-state index in [2.05, 4.69) is 10.2 Å². The molecule has 0 aliphatic carbocycles. The van der Waals surface area contributed by atoms with Crippen molar-refractivity contribution in [2.75, 3.05) is 11.4 Å². The lowest BCUT2D eigenvalue weighted by Gasteiger charge is -2.17. The van der Waals surface area contributed by atoms with Crippen LogP contribution >= 0.6 is 11.8 Å². The lowest BCUT2D eigenvalue weighted by atomic mass is 10.3. The Balaban J connectivity index is 1.78. The molecule has 1 aliphatic rings. The molecule has 8 heteroatoms. The lowest BCUT2D eigenvalue weighted by molar-refractivity contribution is -0.116. The highest BCUT2D eigenvalue weighted by atomic mass is 32.2. The zero-order valence-corrected chi connectivity index (χ0v) is 13.5. The standard InChI is InChI=1S/C15H17FN4O2S/c1-2-8-20-14(22)17-18-15(20)23-12-7-9-19(13(12)21)11-6-4-3-5-10(11)16/h3-6,12H,2,7-9H2,1H3,(H,17,22). The minimum absolute atomic E-state index is 0.154. The van der Waals surface area contributed by atoms with Gasteiger partial charge >= 0.3 is 5.69 Å². The summed E-state index contributed by atoms with van der Waals surface area (Å²) in [6, 6.07) is 6.25. The van der Waals surface area contributed by atoms with Crippen molar-refractivity contribution in [2.24, 2.45) is 0 Å². The van der Waals surface area contributed by atoms with Crippen molar-refractivity contribution >= 4 is 23.4 Å². The largest absolute Gasteiger partial charge is 0.343 e. The summed E-state index contributed by atoms with van der Waals surface area (Å²) in [6.45, 7) is 2.98. The first-order valence-electron chi connectivity index (χ1n) is 7.49. The molecule has 1 fully saturated rings. The van der Waals surface area contributed by atoms with Crippen LogP contribution < -0.4 is 10.6 Å². The van der Waals surface area contributed by atoms with Gasteiger partial charge in [-0.3, -0.25) is 9.36 Å². The molecule has 0 radical (unpaired) electrons. The van der Waals surface area contributed by atoms with E-state index in [1.807, 2.05) is 6.92 Å². The molecule has 2 heterocycles.